The van der Waals surface area contributed by atoms with Crippen molar-refractivity contribution < 1.29 is 23.6 Å². The number of hydrogen-bond acceptors (Lipinski definition) is 5. The summed E-state index contributed by atoms with van der Waals surface area (Å²) in [6, 6.07) is 8.74. The summed E-state index contributed by atoms with van der Waals surface area (Å²) in [5.74, 6) is -0.681. The Balaban J connectivity index is 1.29. The first-order valence-electron chi connectivity index (χ1n) is 12.4. The van der Waals surface area contributed by atoms with E-state index in [1.807, 2.05) is 30.3 Å². The molecule has 2 heterocycles. The van der Waals surface area contributed by atoms with E-state index < -0.39 is 14.4 Å². The van der Waals surface area contributed by atoms with Crippen molar-refractivity contribution in [2.24, 2.45) is 5.41 Å². The maximum Gasteiger partial charge on any atom is 0.345 e. The van der Waals surface area contributed by atoms with Gasteiger partial charge in [0.2, 0.25) is 5.91 Å². The molecule has 2 N–H and O–H groups in total. The van der Waals surface area contributed by atoms with Crippen molar-refractivity contribution in [1.29, 1.82) is 0 Å². The Labute approximate surface area is 208 Å². The summed E-state index contributed by atoms with van der Waals surface area (Å²) in [5.41, 5.74) is 5.92. The van der Waals surface area contributed by atoms with Gasteiger partial charge in [-0.05, 0) is 48.4 Å². The van der Waals surface area contributed by atoms with Gasteiger partial charge in [0.1, 0.15) is 12.6 Å². The van der Waals surface area contributed by atoms with E-state index in [0.717, 1.165) is 18.4 Å². The van der Waals surface area contributed by atoms with Crippen LogP contribution in [-0.2, 0) is 25.5 Å². The van der Waals surface area contributed by atoms with Gasteiger partial charge in [-0.1, -0.05) is 51.1 Å². The molecule has 1 saturated carbocycles. The minimum atomic E-state index is -1.93. The van der Waals surface area contributed by atoms with Crippen molar-refractivity contribution in [3.05, 3.63) is 35.9 Å². The molecule has 2 saturated heterocycles. The number of nitrogens with zero attached hydrogens (tertiary/aromatic N) is 2. The van der Waals surface area contributed by atoms with Crippen LogP contribution in [0.1, 0.15) is 52.0 Å². The third kappa shape index (κ3) is 5.39. The number of piperidine rings is 1. The van der Waals surface area contributed by atoms with Crippen molar-refractivity contribution in [2.45, 2.75) is 83.3 Å². The Bertz CT molecular complexity index is 960. The largest absolute Gasteiger partial charge is 0.416 e. The lowest BCUT2D eigenvalue weighted by Gasteiger charge is -2.36. The topological polar surface area (TPSA) is 100 Å². The molecule has 1 aromatic rings. The predicted molar refractivity (Wildman–Crippen MR) is 133 cm³/mol. The van der Waals surface area contributed by atoms with Crippen LogP contribution in [-0.4, -0.2) is 61.4 Å². The van der Waals surface area contributed by atoms with Gasteiger partial charge in [-0.2, -0.15) is 5.06 Å². The number of hydrazine groups is 1. The normalized spacial score (nSPS) is 22.9. The summed E-state index contributed by atoms with van der Waals surface area (Å²) in [6.45, 7) is 11.8. The molecule has 3 fully saturated rings. The van der Waals surface area contributed by atoms with E-state index in [4.69, 9.17) is 9.26 Å². The molecule has 2 bridgehead atoms. The van der Waals surface area contributed by atoms with Gasteiger partial charge >= 0.3 is 6.03 Å². The Morgan fingerprint density at radius 3 is 2.46 bits per heavy atom. The average Bonchev–Trinajstić information content (AvgIpc) is 3.51. The number of nitrogens with one attached hydrogen (secondary N) is 2. The number of rotatable bonds is 8. The zero-order valence-electron chi connectivity index (χ0n) is 21.4. The Kier molecular flexibility index (Phi) is 7.00. The second kappa shape index (κ2) is 9.55. The van der Waals surface area contributed by atoms with Crippen LogP contribution >= 0.6 is 0 Å². The molecular weight excluding hydrogens is 464 g/mol. The molecular formula is C25H38N4O5Si. The lowest BCUT2D eigenvalue weighted by Crippen LogP contribution is -2.56. The molecule has 2 atom stereocenters. The van der Waals surface area contributed by atoms with Crippen LogP contribution in [0.15, 0.2) is 30.3 Å². The molecule has 1 spiro atoms. The van der Waals surface area contributed by atoms with Gasteiger partial charge in [-0.3, -0.25) is 25.3 Å². The highest BCUT2D eigenvalue weighted by Crippen LogP contribution is 2.59. The maximum atomic E-state index is 13.1. The highest BCUT2D eigenvalue weighted by Gasteiger charge is 2.64. The number of amides is 4. The van der Waals surface area contributed by atoms with Crippen molar-refractivity contribution in [2.75, 3.05) is 13.2 Å². The molecule has 1 aliphatic carbocycles. The van der Waals surface area contributed by atoms with Crippen molar-refractivity contribution in [3.63, 3.8) is 0 Å². The first-order valence-corrected chi connectivity index (χ1v) is 15.3. The summed E-state index contributed by atoms with van der Waals surface area (Å²) < 4.78 is 6.04. The Morgan fingerprint density at radius 2 is 1.83 bits per heavy atom. The van der Waals surface area contributed by atoms with Crippen LogP contribution in [0.25, 0.3) is 0 Å². The summed E-state index contributed by atoms with van der Waals surface area (Å²) in [7, 11) is -1.93. The van der Waals surface area contributed by atoms with Gasteiger partial charge in [0.15, 0.2) is 8.32 Å². The van der Waals surface area contributed by atoms with Crippen LogP contribution in [0, 0.1) is 5.41 Å². The van der Waals surface area contributed by atoms with E-state index in [9.17, 15) is 14.4 Å². The minimum absolute atomic E-state index is 0.0511. The molecule has 4 rings (SSSR count). The quantitative estimate of drug-likeness (QED) is 0.420. The second-order valence-corrected chi connectivity index (χ2v) is 16.3. The van der Waals surface area contributed by atoms with Gasteiger partial charge in [0, 0.05) is 13.2 Å². The molecule has 35 heavy (non-hydrogen) atoms. The zero-order valence-corrected chi connectivity index (χ0v) is 22.4. The fourth-order valence-electron chi connectivity index (χ4n) is 4.62. The van der Waals surface area contributed by atoms with Crippen molar-refractivity contribution >= 4 is 26.2 Å². The molecule has 2 aliphatic heterocycles. The Hall–Kier alpha value is -2.43. The zero-order chi connectivity index (χ0) is 25.4. The van der Waals surface area contributed by atoms with Gasteiger partial charge in [0.05, 0.1) is 12.5 Å². The molecule has 192 valence electrons. The van der Waals surface area contributed by atoms with Crippen LogP contribution < -0.4 is 10.9 Å². The standard InChI is InChI=1S/C25H38N4O5Si/c1-24(2,3)35(4,5)34-14-11-21(30)26-27-22(31)19-15-25(12-13-25)20-16-28(19)23(32)29(20)33-17-18-9-7-6-8-10-18/h6-10,19-20H,11-17H2,1-5H3,(H,26,30)(H,27,31)/t19-,20+/m0/s1. The van der Waals surface area contributed by atoms with Crippen molar-refractivity contribution in [3.8, 4) is 0 Å². The average molecular weight is 503 g/mol. The van der Waals surface area contributed by atoms with E-state index in [0.29, 0.717) is 26.2 Å². The summed E-state index contributed by atoms with van der Waals surface area (Å²) in [5, 5.41) is 1.54. The van der Waals surface area contributed by atoms with E-state index in [-0.39, 0.29) is 40.8 Å². The number of urea groups is 1. The van der Waals surface area contributed by atoms with Crippen LogP contribution in [0.4, 0.5) is 4.79 Å². The van der Waals surface area contributed by atoms with Crippen LogP contribution in [0.5, 0.6) is 0 Å². The summed E-state index contributed by atoms with van der Waals surface area (Å²) >= 11 is 0. The molecule has 0 radical (unpaired) electrons. The van der Waals surface area contributed by atoms with Gasteiger partial charge in [0.25, 0.3) is 5.91 Å². The van der Waals surface area contributed by atoms with Crippen LogP contribution in [0.2, 0.25) is 18.1 Å². The summed E-state index contributed by atoms with van der Waals surface area (Å²) in [6.07, 6.45) is 2.66. The summed E-state index contributed by atoms with van der Waals surface area (Å²) in [4.78, 5) is 46.0. The highest BCUT2D eigenvalue weighted by atomic mass is 28.4. The van der Waals surface area contributed by atoms with E-state index >= 15 is 0 Å². The molecule has 0 unspecified atom stereocenters. The number of hydrogen-bond donors (Lipinski definition) is 2. The minimum Gasteiger partial charge on any atom is -0.416 e. The number of carbonyl (C=O) groups is 3. The monoisotopic (exact) mass is 502 g/mol. The second-order valence-electron chi connectivity index (χ2n) is 11.5. The predicted octanol–water partition coefficient (Wildman–Crippen LogP) is 3.34. The fourth-order valence-corrected chi connectivity index (χ4v) is 5.67. The maximum absolute atomic E-state index is 13.1. The van der Waals surface area contributed by atoms with Gasteiger partial charge in [-0.25, -0.2) is 4.79 Å². The van der Waals surface area contributed by atoms with Crippen molar-refractivity contribution in [1.82, 2.24) is 20.8 Å². The number of fused-ring (bicyclic) bond motifs is 3. The molecule has 4 amide bonds. The lowest BCUT2D eigenvalue weighted by atomic mass is 9.85. The van der Waals surface area contributed by atoms with E-state index in [1.54, 1.807) is 4.90 Å². The number of benzene rings is 1. The first kappa shape index (κ1) is 25.7. The fraction of sp³-hybridized carbons (Fsp3) is 0.640. The SMILES string of the molecule is CC(C)(C)[Si](C)(C)OCCC(=O)NNC(=O)[C@@H]1CC2(CC2)[C@H]2CN1C(=O)N2OCc1ccccc1. The first-order chi connectivity index (χ1) is 16.4. The Morgan fingerprint density at radius 1 is 1.14 bits per heavy atom. The molecule has 9 nitrogen and oxygen atoms in total. The van der Waals surface area contributed by atoms with Gasteiger partial charge < -0.3 is 9.33 Å². The number of carbonyl (C=O) groups excluding carboxylic acids is 3. The van der Waals surface area contributed by atoms with Gasteiger partial charge in [-0.15, -0.1) is 0 Å². The van der Waals surface area contributed by atoms with Crippen LogP contribution in [0.3, 0.4) is 0 Å². The molecule has 3 aliphatic rings. The smallest absolute Gasteiger partial charge is 0.345 e. The third-order valence-electron chi connectivity index (χ3n) is 8.10. The molecule has 0 aromatic heterocycles. The van der Waals surface area contributed by atoms with E-state index in [2.05, 4.69) is 44.7 Å². The lowest BCUT2D eigenvalue weighted by molar-refractivity contribution is -0.153. The van der Waals surface area contributed by atoms with E-state index in [1.165, 1.54) is 5.06 Å². The molecule has 10 heteroatoms. The number of hydroxylamine groups is 2. The molecule has 1 aromatic carbocycles. The highest BCUT2D eigenvalue weighted by molar-refractivity contribution is 6.74. The third-order valence-corrected chi connectivity index (χ3v) is 12.6.